The van der Waals surface area contributed by atoms with E-state index in [0.29, 0.717) is 0 Å². The first-order valence-corrected chi connectivity index (χ1v) is 5.51. The quantitative estimate of drug-likeness (QED) is 0.690. The Hall–Kier alpha value is -0.870. The average molecular weight is 211 g/mol. The molecule has 1 heterocycles. The summed E-state index contributed by atoms with van der Waals surface area (Å²) in [5, 5.41) is 7.62. The molecule has 1 rings (SSSR count). The number of rotatable bonds is 7. The Labute approximate surface area is 91.6 Å². The molecule has 1 N–H and O–H groups in total. The van der Waals surface area contributed by atoms with Gasteiger partial charge in [-0.3, -0.25) is 4.68 Å². The van der Waals surface area contributed by atoms with Gasteiger partial charge in [0, 0.05) is 38.5 Å². The highest BCUT2D eigenvalue weighted by Gasteiger charge is 2.01. The molecule has 0 amide bonds. The van der Waals surface area contributed by atoms with Gasteiger partial charge in [-0.05, 0) is 13.3 Å². The Kier molecular flexibility index (Phi) is 5.36. The van der Waals surface area contributed by atoms with Crippen LogP contribution in [0, 0.1) is 6.92 Å². The fraction of sp³-hybridized carbons (Fsp3) is 0.727. The maximum atomic E-state index is 5.37. The number of aromatic nitrogens is 2. The van der Waals surface area contributed by atoms with Crippen LogP contribution in [0.25, 0.3) is 0 Å². The van der Waals surface area contributed by atoms with E-state index < -0.39 is 0 Å². The summed E-state index contributed by atoms with van der Waals surface area (Å²) in [5.41, 5.74) is 2.35. The molecule has 1 aromatic heterocycles. The van der Waals surface area contributed by atoms with E-state index in [0.717, 1.165) is 38.4 Å². The lowest BCUT2D eigenvalue weighted by atomic mass is 10.2. The van der Waals surface area contributed by atoms with Gasteiger partial charge in [0.1, 0.15) is 0 Å². The Morgan fingerprint density at radius 2 is 2.27 bits per heavy atom. The van der Waals surface area contributed by atoms with Crippen molar-refractivity contribution >= 4 is 0 Å². The SMILES string of the molecule is CCCOCCNCc1cn(C)nc1C. The smallest absolute Gasteiger partial charge is 0.0638 e. The van der Waals surface area contributed by atoms with Crippen molar-refractivity contribution in [3.05, 3.63) is 17.5 Å². The van der Waals surface area contributed by atoms with Gasteiger partial charge in [-0.15, -0.1) is 0 Å². The van der Waals surface area contributed by atoms with Crippen molar-refractivity contribution in [1.29, 1.82) is 0 Å². The molecule has 0 aliphatic rings. The molecule has 0 spiro atoms. The highest BCUT2D eigenvalue weighted by atomic mass is 16.5. The van der Waals surface area contributed by atoms with Crippen molar-refractivity contribution in [3.8, 4) is 0 Å². The molecule has 4 nitrogen and oxygen atoms in total. The van der Waals surface area contributed by atoms with Gasteiger partial charge in [0.15, 0.2) is 0 Å². The molecule has 0 fully saturated rings. The van der Waals surface area contributed by atoms with E-state index in [4.69, 9.17) is 4.74 Å². The van der Waals surface area contributed by atoms with E-state index in [2.05, 4.69) is 23.5 Å². The minimum Gasteiger partial charge on any atom is -0.380 e. The second-order valence-electron chi connectivity index (χ2n) is 3.70. The lowest BCUT2D eigenvalue weighted by molar-refractivity contribution is 0.136. The van der Waals surface area contributed by atoms with Gasteiger partial charge in [-0.2, -0.15) is 5.10 Å². The molecular formula is C11H21N3O. The summed E-state index contributed by atoms with van der Waals surface area (Å²) >= 11 is 0. The molecule has 0 aromatic carbocycles. The maximum Gasteiger partial charge on any atom is 0.0638 e. The normalized spacial score (nSPS) is 10.9. The second-order valence-corrected chi connectivity index (χ2v) is 3.70. The molecule has 0 saturated heterocycles. The average Bonchev–Trinajstić information content (AvgIpc) is 2.51. The van der Waals surface area contributed by atoms with Crippen LogP contribution < -0.4 is 5.32 Å². The van der Waals surface area contributed by atoms with Gasteiger partial charge < -0.3 is 10.1 Å². The highest BCUT2D eigenvalue weighted by molar-refractivity contribution is 5.14. The highest BCUT2D eigenvalue weighted by Crippen LogP contribution is 2.03. The van der Waals surface area contributed by atoms with Gasteiger partial charge in [-0.25, -0.2) is 0 Å². The van der Waals surface area contributed by atoms with Crippen molar-refractivity contribution in [2.45, 2.75) is 26.8 Å². The Morgan fingerprint density at radius 1 is 1.47 bits per heavy atom. The third-order valence-corrected chi connectivity index (χ3v) is 2.20. The lowest BCUT2D eigenvalue weighted by Gasteiger charge is -2.04. The molecular weight excluding hydrogens is 190 g/mol. The fourth-order valence-electron chi connectivity index (χ4n) is 1.44. The third kappa shape index (κ3) is 4.44. The Bertz CT molecular complexity index is 283. The lowest BCUT2D eigenvalue weighted by Crippen LogP contribution is -2.19. The van der Waals surface area contributed by atoms with Crippen LogP contribution in [0.5, 0.6) is 0 Å². The third-order valence-electron chi connectivity index (χ3n) is 2.20. The van der Waals surface area contributed by atoms with Crippen molar-refractivity contribution in [2.75, 3.05) is 19.8 Å². The molecule has 15 heavy (non-hydrogen) atoms. The molecule has 0 aliphatic heterocycles. The monoisotopic (exact) mass is 211 g/mol. The van der Waals surface area contributed by atoms with Gasteiger partial charge in [0.05, 0.1) is 12.3 Å². The predicted octanol–water partition coefficient (Wildman–Crippen LogP) is 1.24. The Balaban J connectivity index is 2.12. The van der Waals surface area contributed by atoms with Crippen LogP contribution in [-0.4, -0.2) is 29.5 Å². The standard InChI is InChI=1S/C11H21N3O/c1-4-6-15-7-5-12-8-11-9-14(3)13-10(11)2/h9,12H,4-8H2,1-3H3. The van der Waals surface area contributed by atoms with Crippen LogP contribution in [0.1, 0.15) is 24.6 Å². The van der Waals surface area contributed by atoms with E-state index in [1.807, 2.05) is 18.7 Å². The predicted molar refractivity (Wildman–Crippen MR) is 60.8 cm³/mol. The number of aryl methyl sites for hydroxylation is 2. The number of ether oxygens (including phenoxy) is 1. The molecule has 4 heteroatoms. The van der Waals surface area contributed by atoms with Crippen molar-refractivity contribution in [2.24, 2.45) is 7.05 Å². The van der Waals surface area contributed by atoms with Crippen molar-refractivity contribution in [3.63, 3.8) is 0 Å². The van der Waals surface area contributed by atoms with E-state index >= 15 is 0 Å². The number of hydrogen-bond donors (Lipinski definition) is 1. The van der Waals surface area contributed by atoms with Crippen molar-refractivity contribution in [1.82, 2.24) is 15.1 Å². The molecule has 0 radical (unpaired) electrons. The summed E-state index contributed by atoms with van der Waals surface area (Å²) in [4.78, 5) is 0. The van der Waals surface area contributed by atoms with E-state index in [9.17, 15) is 0 Å². The molecule has 0 unspecified atom stereocenters. The molecule has 86 valence electrons. The van der Waals surface area contributed by atoms with Gasteiger partial charge in [0.25, 0.3) is 0 Å². The summed E-state index contributed by atoms with van der Waals surface area (Å²) in [6, 6.07) is 0. The van der Waals surface area contributed by atoms with Crippen LogP contribution in [0.4, 0.5) is 0 Å². The molecule has 1 aromatic rings. The van der Waals surface area contributed by atoms with E-state index in [1.54, 1.807) is 0 Å². The summed E-state index contributed by atoms with van der Waals surface area (Å²) in [6.45, 7) is 7.56. The topological polar surface area (TPSA) is 39.1 Å². The van der Waals surface area contributed by atoms with E-state index in [1.165, 1.54) is 5.56 Å². The Morgan fingerprint density at radius 3 is 2.87 bits per heavy atom. The van der Waals surface area contributed by atoms with Gasteiger partial charge in [0.2, 0.25) is 0 Å². The van der Waals surface area contributed by atoms with Gasteiger partial charge in [-0.1, -0.05) is 6.92 Å². The van der Waals surface area contributed by atoms with E-state index in [-0.39, 0.29) is 0 Å². The second kappa shape index (κ2) is 6.58. The number of nitrogens with zero attached hydrogens (tertiary/aromatic N) is 2. The van der Waals surface area contributed by atoms with Gasteiger partial charge >= 0.3 is 0 Å². The first-order valence-electron chi connectivity index (χ1n) is 5.51. The van der Waals surface area contributed by atoms with Crippen LogP contribution in [0.3, 0.4) is 0 Å². The van der Waals surface area contributed by atoms with Crippen LogP contribution in [0.2, 0.25) is 0 Å². The summed E-state index contributed by atoms with van der Waals surface area (Å²) in [7, 11) is 1.95. The number of hydrogen-bond acceptors (Lipinski definition) is 3. The molecule has 0 bridgehead atoms. The summed E-state index contributed by atoms with van der Waals surface area (Å²) in [5.74, 6) is 0. The van der Waals surface area contributed by atoms with Crippen molar-refractivity contribution < 1.29 is 4.74 Å². The van der Waals surface area contributed by atoms with Crippen LogP contribution in [-0.2, 0) is 18.3 Å². The fourth-order valence-corrected chi connectivity index (χ4v) is 1.44. The first-order chi connectivity index (χ1) is 7.24. The largest absolute Gasteiger partial charge is 0.380 e. The zero-order valence-corrected chi connectivity index (χ0v) is 9.92. The summed E-state index contributed by atoms with van der Waals surface area (Å²) in [6.07, 6.45) is 3.14. The molecule has 0 aliphatic carbocycles. The maximum absolute atomic E-state index is 5.37. The minimum absolute atomic E-state index is 0.785. The minimum atomic E-state index is 0.785. The molecule has 0 atom stereocenters. The summed E-state index contributed by atoms with van der Waals surface area (Å²) < 4.78 is 7.22. The van der Waals surface area contributed by atoms with Crippen LogP contribution in [0.15, 0.2) is 6.20 Å². The zero-order chi connectivity index (χ0) is 11.1. The first kappa shape index (κ1) is 12.2. The molecule has 0 saturated carbocycles. The van der Waals surface area contributed by atoms with Crippen LogP contribution >= 0.6 is 0 Å². The zero-order valence-electron chi connectivity index (χ0n) is 9.92. The number of nitrogens with one attached hydrogen (secondary N) is 1.